The van der Waals surface area contributed by atoms with Gasteiger partial charge in [-0.3, -0.25) is 15.0 Å². The van der Waals surface area contributed by atoms with Gasteiger partial charge < -0.3 is 4.74 Å². The number of benzene rings is 2. The van der Waals surface area contributed by atoms with Gasteiger partial charge in [0.15, 0.2) is 0 Å². The van der Waals surface area contributed by atoms with Crippen molar-refractivity contribution in [2.45, 2.75) is 18.4 Å². The summed E-state index contributed by atoms with van der Waals surface area (Å²) >= 11 is 0. The molecular weight excluding hydrogens is 382 g/mol. The topological polar surface area (TPSA) is 93.0 Å². The third-order valence-electron chi connectivity index (χ3n) is 5.04. The van der Waals surface area contributed by atoms with Crippen LogP contribution >= 0.6 is 0 Å². The molecule has 150 valence electrons. The molecule has 8 nitrogen and oxygen atoms in total. The van der Waals surface area contributed by atoms with Crippen molar-refractivity contribution in [3.63, 3.8) is 0 Å². The van der Waals surface area contributed by atoms with Crippen LogP contribution in [-0.4, -0.2) is 55.8 Å². The Morgan fingerprint density at radius 2 is 1.71 bits per heavy atom. The highest BCUT2D eigenvalue weighted by molar-refractivity contribution is 7.89. The number of hydrogen-bond acceptors (Lipinski definition) is 6. The minimum Gasteiger partial charge on any atom is -0.497 e. The van der Waals surface area contributed by atoms with E-state index in [1.165, 1.54) is 17.5 Å². The summed E-state index contributed by atoms with van der Waals surface area (Å²) in [5.74, 6) is 0.607. The highest BCUT2D eigenvalue weighted by Gasteiger charge is 2.29. The van der Waals surface area contributed by atoms with Crippen LogP contribution in [0.5, 0.6) is 5.75 Å². The molecule has 1 heterocycles. The predicted molar refractivity (Wildman–Crippen MR) is 105 cm³/mol. The second kappa shape index (κ2) is 8.26. The number of methoxy groups -OCH3 is 1. The number of rotatable bonds is 6. The molecule has 28 heavy (non-hydrogen) atoms. The Morgan fingerprint density at radius 1 is 1.07 bits per heavy atom. The van der Waals surface area contributed by atoms with Crippen LogP contribution in [-0.2, 0) is 16.6 Å². The standard InChI is InChI=1S/C19H23N3O5S/c1-15-16(4-3-5-19(15)22(23)24)14-20-10-12-21(13-11-20)28(25,26)18-8-6-17(27-2)7-9-18/h3-9H,10-14H2,1-2H3. The minimum absolute atomic E-state index is 0.109. The Labute approximate surface area is 164 Å². The molecule has 0 spiro atoms. The molecule has 0 aromatic heterocycles. The molecule has 0 atom stereocenters. The van der Waals surface area contributed by atoms with Crippen molar-refractivity contribution in [2.24, 2.45) is 0 Å². The maximum Gasteiger partial charge on any atom is 0.272 e. The Kier molecular flexibility index (Phi) is 5.97. The number of nitro benzene ring substituents is 1. The van der Waals surface area contributed by atoms with Gasteiger partial charge in [-0.05, 0) is 36.8 Å². The van der Waals surface area contributed by atoms with Crippen molar-refractivity contribution >= 4 is 15.7 Å². The Morgan fingerprint density at radius 3 is 2.29 bits per heavy atom. The second-order valence-electron chi connectivity index (χ2n) is 6.67. The van der Waals surface area contributed by atoms with E-state index in [1.807, 2.05) is 6.07 Å². The van der Waals surface area contributed by atoms with Crippen LogP contribution in [0.3, 0.4) is 0 Å². The average molecular weight is 405 g/mol. The molecule has 0 amide bonds. The van der Waals surface area contributed by atoms with E-state index < -0.39 is 10.0 Å². The van der Waals surface area contributed by atoms with Gasteiger partial charge in [-0.25, -0.2) is 8.42 Å². The summed E-state index contributed by atoms with van der Waals surface area (Å²) in [5, 5.41) is 11.1. The van der Waals surface area contributed by atoms with Crippen LogP contribution in [0.2, 0.25) is 0 Å². The first-order valence-corrected chi connectivity index (χ1v) is 10.4. The lowest BCUT2D eigenvalue weighted by Crippen LogP contribution is -2.48. The van der Waals surface area contributed by atoms with Gasteiger partial charge in [-0.15, -0.1) is 0 Å². The van der Waals surface area contributed by atoms with E-state index in [-0.39, 0.29) is 15.5 Å². The van der Waals surface area contributed by atoms with Gasteiger partial charge in [0.25, 0.3) is 5.69 Å². The number of sulfonamides is 1. The molecule has 1 aliphatic heterocycles. The van der Waals surface area contributed by atoms with E-state index in [0.29, 0.717) is 44.0 Å². The lowest BCUT2D eigenvalue weighted by atomic mass is 10.1. The van der Waals surface area contributed by atoms with Gasteiger partial charge in [0.05, 0.1) is 16.9 Å². The largest absolute Gasteiger partial charge is 0.497 e. The molecule has 2 aromatic rings. The lowest BCUT2D eigenvalue weighted by molar-refractivity contribution is -0.385. The summed E-state index contributed by atoms with van der Waals surface area (Å²) in [6.07, 6.45) is 0. The van der Waals surface area contributed by atoms with Crippen LogP contribution in [0, 0.1) is 17.0 Å². The van der Waals surface area contributed by atoms with Gasteiger partial charge in [0.1, 0.15) is 5.75 Å². The maximum atomic E-state index is 12.8. The van der Waals surface area contributed by atoms with Crippen LogP contribution in [0.4, 0.5) is 5.69 Å². The zero-order chi connectivity index (χ0) is 20.3. The molecule has 9 heteroatoms. The molecule has 1 saturated heterocycles. The van der Waals surface area contributed by atoms with Crippen LogP contribution in [0.25, 0.3) is 0 Å². The number of piperazine rings is 1. The summed E-state index contributed by atoms with van der Waals surface area (Å²) in [6.45, 7) is 4.20. The smallest absolute Gasteiger partial charge is 0.272 e. The molecule has 0 unspecified atom stereocenters. The third kappa shape index (κ3) is 4.16. The number of ether oxygens (including phenoxy) is 1. The summed E-state index contributed by atoms with van der Waals surface area (Å²) in [5.41, 5.74) is 1.65. The SMILES string of the molecule is COc1ccc(S(=O)(=O)N2CCN(Cc3cccc([N+](=O)[O-])c3C)CC2)cc1. The quantitative estimate of drug-likeness (QED) is 0.541. The minimum atomic E-state index is -3.55. The highest BCUT2D eigenvalue weighted by atomic mass is 32.2. The van der Waals surface area contributed by atoms with Crippen LogP contribution < -0.4 is 4.74 Å². The monoisotopic (exact) mass is 405 g/mol. The van der Waals surface area contributed by atoms with Crippen LogP contribution in [0.1, 0.15) is 11.1 Å². The third-order valence-corrected chi connectivity index (χ3v) is 6.95. The first-order valence-electron chi connectivity index (χ1n) is 8.92. The number of hydrogen-bond donors (Lipinski definition) is 0. The van der Waals surface area contributed by atoms with E-state index >= 15 is 0 Å². The summed E-state index contributed by atoms with van der Waals surface area (Å²) in [6, 6.07) is 11.4. The fourth-order valence-corrected chi connectivity index (χ4v) is 4.73. The first-order chi connectivity index (χ1) is 13.3. The molecule has 2 aromatic carbocycles. The maximum absolute atomic E-state index is 12.8. The molecule has 0 aliphatic carbocycles. The molecular formula is C19H23N3O5S. The van der Waals surface area contributed by atoms with Gasteiger partial charge in [-0.1, -0.05) is 12.1 Å². The molecule has 1 fully saturated rings. The van der Waals surface area contributed by atoms with E-state index in [9.17, 15) is 18.5 Å². The molecule has 1 aliphatic rings. The zero-order valence-electron chi connectivity index (χ0n) is 15.9. The first kappa shape index (κ1) is 20.2. The van der Waals surface area contributed by atoms with Crippen molar-refractivity contribution in [3.8, 4) is 5.75 Å². The Bertz CT molecular complexity index is 952. The van der Waals surface area contributed by atoms with Gasteiger partial charge in [-0.2, -0.15) is 4.31 Å². The molecule has 0 bridgehead atoms. The second-order valence-corrected chi connectivity index (χ2v) is 8.61. The molecule has 0 saturated carbocycles. The van der Waals surface area contributed by atoms with E-state index in [0.717, 1.165) is 5.56 Å². The Hall–Kier alpha value is -2.49. The van der Waals surface area contributed by atoms with E-state index in [2.05, 4.69) is 4.90 Å². The molecule has 3 rings (SSSR count). The van der Waals surface area contributed by atoms with Crippen LogP contribution in [0.15, 0.2) is 47.4 Å². The summed E-state index contributed by atoms with van der Waals surface area (Å²) in [4.78, 5) is 13.1. The van der Waals surface area contributed by atoms with Crippen molar-refractivity contribution < 1.29 is 18.1 Å². The predicted octanol–water partition coefficient (Wildman–Crippen LogP) is 2.42. The zero-order valence-corrected chi connectivity index (χ0v) is 16.7. The van der Waals surface area contributed by atoms with Gasteiger partial charge in [0.2, 0.25) is 10.0 Å². The lowest BCUT2D eigenvalue weighted by Gasteiger charge is -2.34. The molecule has 0 N–H and O–H groups in total. The van der Waals surface area contributed by atoms with Gasteiger partial charge in [0, 0.05) is 44.4 Å². The summed E-state index contributed by atoms with van der Waals surface area (Å²) < 4.78 is 32.2. The summed E-state index contributed by atoms with van der Waals surface area (Å²) in [7, 11) is -2.01. The average Bonchev–Trinajstić information content (AvgIpc) is 2.70. The number of nitro groups is 1. The fourth-order valence-electron chi connectivity index (χ4n) is 3.30. The molecule has 0 radical (unpaired) electrons. The van der Waals surface area contributed by atoms with Gasteiger partial charge >= 0.3 is 0 Å². The van der Waals surface area contributed by atoms with Crippen molar-refractivity contribution in [3.05, 3.63) is 63.7 Å². The van der Waals surface area contributed by atoms with Crippen molar-refractivity contribution in [1.29, 1.82) is 0 Å². The van der Waals surface area contributed by atoms with Crippen molar-refractivity contribution in [1.82, 2.24) is 9.21 Å². The van der Waals surface area contributed by atoms with E-state index in [4.69, 9.17) is 4.74 Å². The van der Waals surface area contributed by atoms with Crippen molar-refractivity contribution in [2.75, 3.05) is 33.3 Å². The fraction of sp³-hybridized carbons (Fsp3) is 0.368. The Balaban J connectivity index is 1.66. The van der Waals surface area contributed by atoms with E-state index in [1.54, 1.807) is 37.3 Å². The highest BCUT2D eigenvalue weighted by Crippen LogP contribution is 2.24. The number of nitrogens with zero attached hydrogens (tertiary/aromatic N) is 3. The normalized spacial score (nSPS) is 16.1.